The lowest BCUT2D eigenvalue weighted by Crippen LogP contribution is -2.11. The summed E-state index contributed by atoms with van der Waals surface area (Å²) in [4.78, 5) is 0. The fourth-order valence-electron chi connectivity index (χ4n) is 3.20. The minimum absolute atomic E-state index is 0.194. The van der Waals surface area contributed by atoms with Gasteiger partial charge >= 0.3 is 0 Å². The van der Waals surface area contributed by atoms with E-state index in [1.807, 2.05) is 26.0 Å². The van der Waals surface area contributed by atoms with Crippen molar-refractivity contribution in [2.75, 3.05) is 6.61 Å². The van der Waals surface area contributed by atoms with Crippen molar-refractivity contribution >= 4 is 0 Å². The van der Waals surface area contributed by atoms with Crippen LogP contribution in [0.3, 0.4) is 0 Å². The molecule has 0 aliphatic carbocycles. The number of nitriles is 1. The van der Waals surface area contributed by atoms with Crippen LogP contribution in [0.1, 0.15) is 67.3 Å². The molecule has 0 N–H and O–H groups in total. The van der Waals surface area contributed by atoms with Crippen molar-refractivity contribution in [3.05, 3.63) is 63.7 Å². The SMILES string of the molecule is CCCCC(CC)COc1cc(C)c(C#Cc2cc(F)c(C#N)c(F)c2)c(C)c1. The molecule has 0 amide bonds. The minimum atomic E-state index is -0.900. The van der Waals surface area contributed by atoms with Crippen LogP contribution in [0, 0.1) is 54.6 Å². The van der Waals surface area contributed by atoms with Gasteiger partial charge in [0.2, 0.25) is 0 Å². The molecule has 0 radical (unpaired) electrons. The summed E-state index contributed by atoms with van der Waals surface area (Å²) in [6.07, 6.45) is 4.67. The molecule has 1 unspecified atom stereocenters. The maximum absolute atomic E-state index is 13.8. The molecule has 0 bridgehead atoms. The topological polar surface area (TPSA) is 33.0 Å². The third-order valence-corrected chi connectivity index (χ3v) is 5.02. The van der Waals surface area contributed by atoms with Crippen LogP contribution in [-0.4, -0.2) is 6.61 Å². The molecule has 0 heterocycles. The zero-order valence-corrected chi connectivity index (χ0v) is 17.5. The van der Waals surface area contributed by atoms with Gasteiger partial charge in [0.15, 0.2) is 0 Å². The third-order valence-electron chi connectivity index (χ3n) is 5.02. The molecule has 152 valence electrons. The Balaban J connectivity index is 2.19. The second kappa shape index (κ2) is 10.6. The Labute approximate surface area is 172 Å². The first-order chi connectivity index (χ1) is 13.9. The lowest BCUT2D eigenvalue weighted by atomic mass is 10.00. The average molecular weight is 395 g/mol. The van der Waals surface area contributed by atoms with E-state index in [1.54, 1.807) is 0 Å². The van der Waals surface area contributed by atoms with Gasteiger partial charge in [-0.3, -0.25) is 0 Å². The fourth-order valence-corrected chi connectivity index (χ4v) is 3.20. The second-order valence-electron chi connectivity index (χ2n) is 7.34. The summed E-state index contributed by atoms with van der Waals surface area (Å²) in [5.74, 6) is 5.36. The predicted octanol–water partition coefficient (Wildman–Crippen LogP) is 6.45. The second-order valence-corrected chi connectivity index (χ2v) is 7.34. The Morgan fingerprint density at radius 3 is 2.10 bits per heavy atom. The summed E-state index contributed by atoms with van der Waals surface area (Å²) < 4.78 is 33.5. The first kappa shape index (κ1) is 22.4. The van der Waals surface area contributed by atoms with E-state index in [9.17, 15) is 8.78 Å². The molecular formula is C25H27F2NO. The Morgan fingerprint density at radius 2 is 1.59 bits per heavy atom. The van der Waals surface area contributed by atoms with E-state index in [0.717, 1.165) is 41.0 Å². The Morgan fingerprint density at radius 1 is 0.966 bits per heavy atom. The van der Waals surface area contributed by atoms with E-state index in [0.29, 0.717) is 12.5 Å². The molecule has 0 aliphatic heterocycles. The quantitative estimate of drug-likeness (QED) is 0.505. The lowest BCUT2D eigenvalue weighted by molar-refractivity contribution is 0.233. The normalized spacial score (nSPS) is 11.3. The van der Waals surface area contributed by atoms with Gasteiger partial charge in [-0.05, 0) is 61.6 Å². The van der Waals surface area contributed by atoms with E-state index < -0.39 is 17.2 Å². The summed E-state index contributed by atoms with van der Waals surface area (Å²) in [6.45, 7) is 8.97. The highest BCUT2D eigenvalue weighted by atomic mass is 19.1. The monoisotopic (exact) mass is 395 g/mol. The fraction of sp³-hybridized carbons (Fsp3) is 0.400. The van der Waals surface area contributed by atoms with Crippen molar-refractivity contribution in [2.24, 2.45) is 5.92 Å². The van der Waals surface area contributed by atoms with Crippen molar-refractivity contribution in [2.45, 2.75) is 53.4 Å². The van der Waals surface area contributed by atoms with E-state index in [-0.39, 0.29) is 5.56 Å². The van der Waals surface area contributed by atoms with Crippen molar-refractivity contribution in [3.63, 3.8) is 0 Å². The van der Waals surface area contributed by atoms with Crippen LogP contribution in [0.15, 0.2) is 24.3 Å². The van der Waals surface area contributed by atoms with Crippen LogP contribution in [-0.2, 0) is 0 Å². The van der Waals surface area contributed by atoms with Crippen LogP contribution in [0.25, 0.3) is 0 Å². The Kier molecular flexibility index (Phi) is 8.22. The Bertz CT molecular complexity index is 917. The smallest absolute Gasteiger partial charge is 0.145 e. The number of nitrogens with zero attached hydrogens (tertiary/aromatic N) is 1. The van der Waals surface area contributed by atoms with Crippen LogP contribution < -0.4 is 4.74 Å². The summed E-state index contributed by atoms with van der Waals surface area (Å²) in [6, 6.07) is 7.57. The van der Waals surface area contributed by atoms with E-state index in [1.165, 1.54) is 25.3 Å². The Hall–Kier alpha value is -2.85. The first-order valence-electron chi connectivity index (χ1n) is 10.0. The van der Waals surface area contributed by atoms with Gasteiger partial charge in [-0.2, -0.15) is 5.26 Å². The molecule has 0 saturated carbocycles. The molecule has 2 rings (SSSR count). The number of aryl methyl sites for hydroxylation is 2. The first-order valence-corrected chi connectivity index (χ1v) is 10.0. The van der Waals surface area contributed by atoms with Crippen LogP contribution in [0.2, 0.25) is 0 Å². The number of hydrogen-bond donors (Lipinski definition) is 0. The van der Waals surface area contributed by atoms with Gasteiger partial charge in [-0.1, -0.05) is 45.0 Å². The van der Waals surface area contributed by atoms with E-state index in [4.69, 9.17) is 10.00 Å². The van der Waals surface area contributed by atoms with Crippen molar-refractivity contribution in [3.8, 4) is 23.7 Å². The molecule has 0 saturated heterocycles. The largest absolute Gasteiger partial charge is 0.493 e. The predicted molar refractivity (Wildman–Crippen MR) is 112 cm³/mol. The maximum Gasteiger partial charge on any atom is 0.145 e. The van der Waals surface area contributed by atoms with E-state index >= 15 is 0 Å². The average Bonchev–Trinajstić information content (AvgIpc) is 2.67. The highest BCUT2D eigenvalue weighted by Crippen LogP contribution is 2.23. The van der Waals surface area contributed by atoms with Gasteiger partial charge in [0.1, 0.15) is 29.0 Å². The molecular weight excluding hydrogens is 368 g/mol. The van der Waals surface area contributed by atoms with Crippen molar-refractivity contribution in [1.29, 1.82) is 5.26 Å². The number of benzene rings is 2. The van der Waals surface area contributed by atoms with E-state index in [2.05, 4.69) is 25.7 Å². The molecule has 0 fully saturated rings. The molecule has 0 spiro atoms. The van der Waals surface area contributed by atoms with Gasteiger partial charge < -0.3 is 4.74 Å². The molecule has 2 nitrogen and oxygen atoms in total. The molecule has 4 heteroatoms. The number of ether oxygens (including phenoxy) is 1. The molecule has 1 atom stereocenters. The van der Waals surface area contributed by atoms with Crippen LogP contribution >= 0.6 is 0 Å². The number of hydrogen-bond acceptors (Lipinski definition) is 2. The number of halogens is 2. The highest BCUT2D eigenvalue weighted by molar-refractivity contribution is 5.53. The number of unbranched alkanes of at least 4 members (excludes halogenated alkanes) is 1. The van der Waals surface area contributed by atoms with Gasteiger partial charge in [-0.25, -0.2) is 8.78 Å². The molecule has 0 aliphatic rings. The van der Waals surface area contributed by atoms with Crippen LogP contribution in [0.5, 0.6) is 5.75 Å². The van der Waals surface area contributed by atoms with Crippen molar-refractivity contribution in [1.82, 2.24) is 0 Å². The van der Waals surface area contributed by atoms with Gasteiger partial charge in [0.05, 0.1) is 6.61 Å². The lowest BCUT2D eigenvalue weighted by Gasteiger charge is -2.16. The third kappa shape index (κ3) is 6.06. The standard InChI is InChI=1S/C25H27F2NO/c1-5-7-8-19(6-2)16-29-21-11-17(3)22(18(4)12-21)10-9-20-13-24(26)23(15-28)25(27)14-20/h11-14,19H,5-8,16H2,1-4H3. The van der Waals surface area contributed by atoms with Gasteiger partial charge in [0.25, 0.3) is 0 Å². The highest BCUT2D eigenvalue weighted by Gasteiger charge is 2.11. The van der Waals surface area contributed by atoms with Gasteiger partial charge in [0, 0.05) is 11.1 Å². The summed E-state index contributed by atoms with van der Waals surface area (Å²) in [5.41, 5.74) is 2.31. The molecule has 0 aromatic heterocycles. The summed E-state index contributed by atoms with van der Waals surface area (Å²) in [7, 11) is 0. The molecule has 2 aromatic rings. The molecule has 2 aromatic carbocycles. The maximum atomic E-state index is 13.8. The van der Waals surface area contributed by atoms with Crippen molar-refractivity contribution < 1.29 is 13.5 Å². The molecule has 29 heavy (non-hydrogen) atoms. The minimum Gasteiger partial charge on any atom is -0.493 e. The number of rotatable bonds is 7. The van der Waals surface area contributed by atoms with Crippen LogP contribution in [0.4, 0.5) is 8.78 Å². The zero-order valence-electron chi connectivity index (χ0n) is 17.5. The van der Waals surface area contributed by atoms with Gasteiger partial charge in [-0.15, -0.1) is 0 Å². The summed E-state index contributed by atoms with van der Waals surface area (Å²) >= 11 is 0. The zero-order chi connectivity index (χ0) is 21.4. The summed E-state index contributed by atoms with van der Waals surface area (Å²) in [5, 5.41) is 8.76.